The normalized spacial score (nSPS) is 13.1. The fraction of sp³-hybridized carbons (Fsp3) is 0.600. The van der Waals surface area contributed by atoms with Gasteiger partial charge in [0.05, 0.1) is 0 Å². The third-order valence-corrected chi connectivity index (χ3v) is 3.32. The lowest BCUT2D eigenvalue weighted by molar-refractivity contribution is 0.198. The third kappa shape index (κ3) is 4.39. The lowest BCUT2D eigenvalue weighted by Gasteiger charge is -2.19. The minimum absolute atomic E-state index is 0.245. The lowest BCUT2D eigenvalue weighted by Crippen LogP contribution is -2.22. The fourth-order valence-corrected chi connectivity index (χ4v) is 1.75. The van der Waals surface area contributed by atoms with E-state index >= 15 is 0 Å². The van der Waals surface area contributed by atoms with E-state index in [9.17, 15) is 5.11 Å². The van der Waals surface area contributed by atoms with Crippen LogP contribution in [0.1, 0.15) is 39.2 Å². The minimum Gasteiger partial charge on any atom is -0.396 e. The maximum absolute atomic E-state index is 9.25. The molecule has 2 heteroatoms. The second kappa shape index (κ2) is 6.65. The molecule has 0 aliphatic carbocycles. The van der Waals surface area contributed by atoms with E-state index in [1.165, 1.54) is 5.56 Å². The van der Waals surface area contributed by atoms with Crippen LogP contribution in [-0.4, -0.2) is 18.3 Å². The summed E-state index contributed by atoms with van der Waals surface area (Å²) < 4.78 is 0. The Kier molecular flexibility index (Phi) is 5.49. The number of benzene rings is 1. The first kappa shape index (κ1) is 14.0. The Labute approximate surface area is 105 Å². The number of aliphatic hydroxyl groups excluding tert-OH is 1. The van der Waals surface area contributed by atoms with Gasteiger partial charge in [-0.2, -0.15) is 0 Å². The molecule has 0 aliphatic rings. The van der Waals surface area contributed by atoms with Gasteiger partial charge in [0.2, 0.25) is 0 Å². The van der Waals surface area contributed by atoms with E-state index in [1.54, 1.807) is 0 Å². The molecule has 17 heavy (non-hydrogen) atoms. The van der Waals surface area contributed by atoms with Gasteiger partial charge in [-0.05, 0) is 29.5 Å². The summed E-state index contributed by atoms with van der Waals surface area (Å²) in [5.74, 6) is 1.40. The average molecular weight is 235 g/mol. The molecular weight excluding hydrogens is 210 g/mol. The maximum Gasteiger partial charge on any atom is 0.0478 e. The van der Waals surface area contributed by atoms with Crippen molar-refractivity contribution in [2.24, 2.45) is 11.8 Å². The van der Waals surface area contributed by atoms with Crippen LogP contribution in [0.4, 0.5) is 5.69 Å². The van der Waals surface area contributed by atoms with Gasteiger partial charge in [-0.3, -0.25) is 0 Å². The van der Waals surface area contributed by atoms with Gasteiger partial charge in [0.1, 0.15) is 0 Å². The Balaban J connectivity index is 2.52. The van der Waals surface area contributed by atoms with E-state index in [4.69, 9.17) is 0 Å². The number of nitrogens with one attached hydrogen (secondary N) is 1. The topological polar surface area (TPSA) is 32.3 Å². The predicted molar refractivity (Wildman–Crippen MR) is 74.4 cm³/mol. The van der Waals surface area contributed by atoms with E-state index in [1.807, 2.05) is 0 Å². The number of aliphatic hydroxyl groups is 1. The Morgan fingerprint density at radius 3 is 2.06 bits per heavy atom. The Morgan fingerprint density at radius 2 is 1.65 bits per heavy atom. The molecule has 0 amide bonds. The van der Waals surface area contributed by atoms with Crippen molar-refractivity contribution in [3.8, 4) is 0 Å². The first-order valence-corrected chi connectivity index (χ1v) is 6.49. The van der Waals surface area contributed by atoms with Gasteiger partial charge < -0.3 is 10.4 Å². The molecule has 1 aromatic rings. The van der Waals surface area contributed by atoms with Crippen LogP contribution in [0.15, 0.2) is 24.3 Å². The van der Waals surface area contributed by atoms with Crippen molar-refractivity contribution in [2.75, 3.05) is 18.5 Å². The van der Waals surface area contributed by atoms with E-state index in [0.29, 0.717) is 17.8 Å². The monoisotopic (exact) mass is 235 g/mol. The molecule has 0 spiro atoms. The van der Waals surface area contributed by atoms with E-state index in [-0.39, 0.29) is 6.61 Å². The van der Waals surface area contributed by atoms with Gasteiger partial charge in [0.15, 0.2) is 0 Å². The highest BCUT2D eigenvalue weighted by Gasteiger charge is 2.11. The highest BCUT2D eigenvalue weighted by atomic mass is 16.3. The third-order valence-electron chi connectivity index (χ3n) is 3.32. The Hall–Kier alpha value is -1.02. The molecule has 0 aromatic heterocycles. The highest BCUT2D eigenvalue weighted by molar-refractivity contribution is 5.45. The van der Waals surface area contributed by atoms with Crippen LogP contribution in [0.2, 0.25) is 0 Å². The average Bonchev–Trinajstić information content (AvgIpc) is 2.30. The quantitative estimate of drug-likeness (QED) is 0.791. The summed E-state index contributed by atoms with van der Waals surface area (Å²) in [5.41, 5.74) is 2.49. The molecule has 2 N–H and O–H groups in total. The summed E-state index contributed by atoms with van der Waals surface area (Å²) in [5, 5.41) is 12.6. The first-order chi connectivity index (χ1) is 8.04. The van der Waals surface area contributed by atoms with Gasteiger partial charge >= 0.3 is 0 Å². The SMILES string of the molecule is CC(C)c1ccc(NCC(CO)C(C)C)cc1. The van der Waals surface area contributed by atoms with Crippen molar-refractivity contribution in [1.29, 1.82) is 0 Å². The molecule has 0 bridgehead atoms. The van der Waals surface area contributed by atoms with Crippen molar-refractivity contribution >= 4 is 5.69 Å². The number of anilines is 1. The fourth-order valence-electron chi connectivity index (χ4n) is 1.75. The van der Waals surface area contributed by atoms with Crippen molar-refractivity contribution < 1.29 is 5.11 Å². The highest BCUT2D eigenvalue weighted by Crippen LogP contribution is 2.18. The smallest absolute Gasteiger partial charge is 0.0478 e. The second-order valence-electron chi connectivity index (χ2n) is 5.34. The molecule has 0 radical (unpaired) electrons. The van der Waals surface area contributed by atoms with Crippen molar-refractivity contribution in [2.45, 2.75) is 33.6 Å². The van der Waals surface area contributed by atoms with Crippen LogP contribution in [0.3, 0.4) is 0 Å². The van der Waals surface area contributed by atoms with Crippen LogP contribution in [0, 0.1) is 11.8 Å². The zero-order chi connectivity index (χ0) is 12.8. The van der Waals surface area contributed by atoms with Crippen LogP contribution >= 0.6 is 0 Å². The number of hydrogen-bond donors (Lipinski definition) is 2. The molecule has 0 heterocycles. The lowest BCUT2D eigenvalue weighted by atomic mass is 9.96. The predicted octanol–water partition coefficient (Wildman–Crippen LogP) is 3.49. The summed E-state index contributed by atoms with van der Waals surface area (Å²) in [7, 11) is 0. The van der Waals surface area contributed by atoms with Crippen LogP contribution in [0.5, 0.6) is 0 Å². The standard InChI is InChI=1S/C15H25NO/c1-11(2)13-5-7-15(8-6-13)16-9-14(10-17)12(3)4/h5-8,11-12,14,16-17H,9-10H2,1-4H3. The van der Waals surface area contributed by atoms with Crippen LogP contribution < -0.4 is 5.32 Å². The van der Waals surface area contributed by atoms with E-state index in [2.05, 4.69) is 57.3 Å². The number of hydrogen-bond acceptors (Lipinski definition) is 2. The Morgan fingerprint density at radius 1 is 1.06 bits per heavy atom. The van der Waals surface area contributed by atoms with Crippen molar-refractivity contribution in [1.82, 2.24) is 0 Å². The molecule has 1 unspecified atom stereocenters. The molecule has 1 aromatic carbocycles. The summed E-state index contributed by atoms with van der Waals surface area (Å²) in [6.45, 7) is 9.75. The van der Waals surface area contributed by atoms with E-state index in [0.717, 1.165) is 12.2 Å². The maximum atomic E-state index is 9.25. The molecule has 96 valence electrons. The molecule has 0 saturated carbocycles. The molecule has 0 fully saturated rings. The second-order valence-corrected chi connectivity index (χ2v) is 5.34. The Bertz CT molecular complexity index is 316. The number of rotatable bonds is 6. The largest absolute Gasteiger partial charge is 0.396 e. The van der Waals surface area contributed by atoms with Gasteiger partial charge in [0, 0.05) is 24.8 Å². The zero-order valence-electron chi connectivity index (χ0n) is 11.4. The molecule has 1 atom stereocenters. The summed E-state index contributed by atoms with van der Waals surface area (Å²) >= 11 is 0. The zero-order valence-corrected chi connectivity index (χ0v) is 11.4. The van der Waals surface area contributed by atoms with E-state index < -0.39 is 0 Å². The molecule has 1 rings (SSSR count). The van der Waals surface area contributed by atoms with Crippen molar-refractivity contribution in [3.63, 3.8) is 0 Å². The molecule has 2 nitrogen and oxygen atoms in total. The summed E-state index contributed by atoms with van der Waals surface area (Å²) in [6.07, 6.45) is 0. The molecular formula is C15H25NO. The summed E-state index contributed by atoms with van der Waals surface area (Å²) in [4.78, 5) is 0. The molecule has 0 aliphatic heterocycles. The van der Waals surface area contributed by atoms with Crippen LogP contribution in [-0.2, 0) is 0 Å². The summed E-state index contributed by atoms with van der Waals surface area (Å²) in [6, 6.07) is 8.56. The molecule has 0 saturated heterocycles. The van der Waals surface area contributed by atoms with Gasteiger partial charge in [0.25, 0.3) is 0 Å². The first-order valence-electron chi connectivity index (χ1n) is 6.49. The van der Waals surface area contributed by atoms with Gasteiger partial charge in [-0.25, -0.2) is 0 Å². The van der Waals surface area contributed by atoms with Crippen molar-refractivity contribution in [3.05, 3.63) is 29.8 Å². The minimum atomic E-state index is 0.245. The van der Waals surface area contributed by atoms with Gasteiger partial charge in [-0.1, -0.05) is 39.8 Å². The van der Waals surface area contributed by atoms with Gasteiger partial charge in [-0.15, -0.1) is 0 Å². The van der Waals surface area contributed by atoms with Crippen LogP contribution in [0.25, 0.3) is 0 Å².